The molecule has 2 amide bonds. The second-order valence-electron chi connectivity index (χ2n) is 5.74. The number of likely N-dealkylation sites (tertiary alicyclic amines) is 1. The molecular weight excluding hydrogens is 312 g/mol. The number of benzene rings is 1. The summed E-state index contributed by atoms with van der Waals surface area (Å²) in [7, 11) is 1.57. The lowest BCUT2D eigenvalue weighted by Gasteiger charge is -2.30. The average molecular weight is 334 g/mol. The molecule has 1 aliphatic heterocycles. The highest BCUT2D eigenvalue weighted by atomic mass is 16.5. The van der Waals surface area contributed by atoms with Gasteiger partial charge in [0.15, 0.2) is 6.61 Å². The standard InChI is InChI=1S/C17H22N2O5/c1-23-14-4-2-12(3-5-14)10-16(21)24-11-15(20)19-8-6-13(7-9-19)17(18)22/h2-5,13H,6-11H2,1H3,(H2,18,22). The molecule has 0 atom stereocenters. The van der Waals surface area contributed by atoms with Crippen LogP contribution in [0.25, 0.3) is 0 Å². The van der Waals surface area contributed by atoms with E-state index in [0.29, 0.717) is 31.7 Å². The Hall–Kier alpha value is -2.57. The van der Waals surface area contributed by atoms with Crippen molar-refractivity contribution in [1.82, 2.24) is 4.90 Å². The first kappa shape index (κ1) is 17.8. The Morgan fingerprint density at radius 2 is 1.79 bits per heavy atom. The SMILES string of the molecule is COc1ccc(CC(=O)OCC(=O)N2CCC(C(N)=O)CC2)cc1. The van der Waals surface area contributed by atoms with Crippen LogP contribution in [0.5, 0.6) is 5.75 Å². The van der Waals surface area contributed by atoms with Crippen LogP contribution < -0.4 is 10.5 Å². The summed E-state index contributed by atoms with van der Waals surface area (Å²) in [5.74, 6) is -0.497. The van der Waals surface area contributed by atoms with E-state index in [1.165, 1.54) is 0 Å². The zero-order valence-electron chi connectivity index (χ0n) is 13.7. The van der Waals surface area contributed by atoms with Crippen molar-refractivity contribution in [3.63, 3.8) is 0 Å². The molecule has 1 fully saturated rings. The number of rotatable bonds is 6. The summed E-state index contributed by atoms with van der Waals surface area (Å²) in [5.41, 5.74) is 6.05. The molecule has 0 radical (unpaired) electrons. The molecule has 2 N–H and O–H groups in total. The smallest absolute Gasteiger partial charge is 0.310 e. The van der Waals surface area contributed by atoms with Gasteiger partial charge < -0.3 is 20.1 Å². The lowest BCUT2D eigenvalue weighted by Crippen LogP contribution is -2.43. The Morgan fingerprint density at radius 1 is 1.17 bits per heavy atom. The Morgan fingerprint density at radius 3 is 2.33 bits per heavy atom. The largest absolute Gasteiger partial charge is 0.497 e. The fraction of sp³-hybridized carbons (Fsp3) is 0.471. The fourth-order valence-electron chi connectivity index (χ4n) is 2.61. The number of ether oxygens (including phenoxy) is 2. The number of nitrogens with two attached hydrogens (primary N) is 1. The normalized spacial score (nSPS) is 15.0. The van der Waals surface area contributed by atoms with Crippen LogP contribution in [0, 0.1) is 5.92 Å². The lowest BCUT2D eigenvalue weighted by atomic mass is 9.96. The first-order valence-electron chi connectivity index (χ1n) is 7.85. The van der Waals surface area contributed by atoms with Gasteiger partial charge in [-0.2, -0.15) is 0 Å². The monoisotopic (exact) mass is 334 g/mol. The van der Waals surface area contributed by atoms with Gasteiger partial charge >= 0.3 is 5.97 Å². The van der Waals surface area contributed by atoms with Gasteiger partial charge in [0.05, 0.1) is 13.5 Å². The Labute approximate surface area is 140 Å². The van der Waals surface area contributed by atoms with Gasteiger partial charge in [-0.1, -0.05) is 12.1 Å². The fourth-order valence-corrected chi connectivity index (χ4v) is 2.61. The van der Waals surface area contributed by atoms with Crippen molar-refractivity contribution in [2.75, 3.05) is 26.8 Å². The van der Waals surface area contributed by atoms with Crippen LogP contribution in [0.15, 0.2) is 24.3 Å². The van der Waals surface area contributed by atoms with Gasteiger partial charge in [0.25, 0.3) is 5.91 Å². The number of primary amides is 1. The number of carbonyl (C=O) groups excluding carboxylic acids is 3. The third-order valence-corrected chi connectivity index (χ3v) is 4.11. The molecule has 0 unspecified atom stereocenters. The highest BCUT2D eigenvalue weighted by molar-refractivity contribution is 5.82. The van der Waals surface area contributed by atoms with Gasteiger partial charge in [-0.3, -0.25) is 14.4 Å². The van der Waals surface area contributed by atoms with E-state index in [1.54, 1.807) is 36.3 Å². The van der Waals surface area contributed by atoms with Crippen molar-refractivity contribution in [3.05, 3.63) is 29.8 Å². The highest BCUT2D eigenvalue weighted by Gasteiger charge is 2.26. The zero-order chi connectivity index (χ0) is 17.5. The molecule has 7 nitrogen and oxygen atoms in total. The van der Waals surface area contributed by atoms with Gasteiger partial charge in [0, 0.05) is 19.0 Å². The van der Waals surface area contributed by atoms with E-state index in [4.69, 9.17) is 15.2 Å². The van der Waals surface area contributed by atoms with E-state index in [1.807, 2.05) is 0 Å². The third-order valence-electron chi connectivity index (χ3n) is 4.11. The van der Waals surface area contributed by atoms with Crippen LogP contribution in [0.2, 0.25) is 0 Å². The van der Waals surface area contributed by atoms with Gasteiger partial charge in [-0.05, 0) is 30.5 Å². The maximum Gasteiger partial charge on any atom is 0.310 e. The minimum absolute atomic E-state index is 0.0982. The van der Waals surface area contributed by atoms with Crippen LogP contribution in [-0.4, -0.2) is 49.5 Å². The average Bonchev–Trinajstić information content (AvgIpc) is 2.60. The van der Waals surface area contributed by atoms with E-state index >= 15 is 0 Å². The van der Waals surface area contributed by atoms with Gasteiger partial charge in [0.1, 0.15) is 5.75 Å². The minimum Gasteiger partial charge on any atom is -0.497 e. The Bertz CT molecular complexity index is 592. The number of nitrogens with zero attached hydrogens (tertiary/aromatic N) is 1. The summed E-state index contributed by atoms with van der Waals surface area (Å²) in [5, 5.41) is 0. The van der Waals surface area contributed by atoms with E-state index in [2.05, 4.69) is 0 Å². The summed E-state index contributed by atoms with van der Waals surface area (Å²) in [6.45, 7) is 0.640. The molecule has 24 heavy (non-hydrogen) atoms. The predicted molar refractivity (Wildman–Crippen MR) is 86.2 cm³/mol. The Kier molecular flexibility index (Phi) is 6.17. The molecule has 1 heterocycles. The van der Waals surface area contributed by atoms with Gasteiger partial charge in [-0.15, -0.1) is 0 Å². The maximum absolute atomic E-state index is 12.0. The summed E-state index contributed by atoms with van der Waals surface area (Å²) >= 11 is 0. The molecular formula is C17H22N2O5. The molecule has 2 rings (SSSR count). The molecule has 0 spiro atoms. The summed E-state index contributed by atoms with van der Waals surface area (Å²) in [6.07, 6.45) is 1.21. The van der Waals surface area contributed by atoms with E-state index in [-0.39, 0.29) is 30.8 Å². The number of methoxy groups -OCH3 is 1. The first-order chi connectivity index (χ1) is 11.5. The van der Waals surface area contributed by atoms with Crippen molar-refractivity contribution in [2.45, 2.75) is 19.3 Å². The Balaban J connectivity index is 1.73. The van der Waals surface area contributed by atoms with Crippen molar-refractivity contribution in [1.29, 1.82) is 0 Å². The van der Waals surface area contributed by atoms with Crippen molar-refractivity contribution >= 4 is 17.8 Å². The number of hydrogen-bond donors (Lipinski definition) is 1. The van der Waals surface area contributed by atoms with Crippen molar-refractivity contribution < 1.29 is 23.9 Å². The molecule has 0 saturated carbocycles. The second kappa shape index (κ2) is 8.33. The quantitative estimate of drug-likeness (QED) is 0.764. The van der Waals surface area contributed by atoms with E-state index in [9.17, 15) is 14.4 Å². The molecule has 0 bridgehead atoms. The first-order valence-corrected chi connectivity index (χ1v) is 7.85. The molecule has 7 heteroatoms. The van der Waals surface area contributed by atoms with Crippen molar-refractivity contribution in [2.24, 2.45) is 11.7 Å². The molecule has 130 valence electrons. The van der Waals surface area contributed by atoms with Crippen molar-refractivity contribution in [3.8, 4) is 5.75 Å². The molecule has 1 aromatic rings. The summed E-state index contributed by atoms with van der Waals surface area (Å²) in [6, 6.07) is 7.07. The third kappa shape index (κ3) is 4.97. The van der Waals surface area contributed by atoms with E-state index < -0.39 is 5.97 Å². The van der Waals surface area contributed by atoms with Crippen LogP contribution in [0.1, 0.15) is 18.4 Å². The minimum atomic E-state index is -0.458. The van der Waals surface area contributed by atoms with Gasteiger partial charge in [0.2, 0.25) is 5.91 Å². The number of hydrogen-bond acceptors (Lipinski definition) is 5. The van der Waals surface area contributed by atoms with Crippen LogP contribution in [-0.2, 0) is 25.5 Å². The van der Waals surface area contributed by atoms with Crippen LogP contribution >= 0.6 is 0 Å². The molecule has 1 aromatic carbocycles. The van der Waals surface area contributed by atoms with Gasteiger partial charge in [-0.25, -0.2) is 0 Å². The molecule has 0 aromatic heterocycles. The molecule has 1 saturated heterocycles. The highest BCUT2D eigenvalue weighted by Crippen LogP contribution is 2.17. The predicted octanol–water partition coefficient (Wildman–Crippen LogP) is 0.505. The number of esters is 1. The van der Waals surface area contributed by atoms with Crippen LogP contribution in [0.4, 0.5) is 0 Å². The number of piperidine rings is 1. The summed E-state index contributed by atoms with van der Waals surface area (Å²) in [4.78, 5) is 36.5. The molecule has 0 aliphatic carbocycles. The molecule has 1 aliphatic rings. The maximum atomic E-state index is 12.0. The second-order valence-corrected chi connectivity index (χ2v) is 5.74. The number of carbonyl (C=O) groups is 3. The zero-order valence-corrected chi connectivity index (χ0v) is 13.7. The summed E-state index contributed by atoms with van der Waals surface area (Å²) < 4.78 is 10.1. The van der Waals surface area contributed by atoms with E-state index in [0.717, 1.165) is 5.56 Å². The number of amides is 2. The van der Waals surface area contributed by atoms with Crippen LogP contribution in [0.3, 0.4) is 0 Å². The topological polar surface area (TPSA) is 98.9 Å². The lowest BCUT2D eigenvalue weighted by molar-refractivity contribution is -0.152.